The lowest BCUT2D eigenvalue weighted by Gasteiger charge is -2.18. The molecule has 25 heavy (non-hydrogen) atoms. The summed E-state index contributed by atoms with van der Waals surface area (Å²) in [6, 6.07) is 2.50. The van der Waals surface area contributed by atoms with Crippen LogP contribution in [0.3, 0.4) is 0 Å². The first-order valence-electron chi connectivity index (χ1n) is 7.17. The maximum atomic E-state index is 13.8. The number of aromatic nitrogens is 2. The number of anilines is 3. The molecule has 1 unspecified atom stereocenters. The Balaban J connectivity index is 1.79. The molecule has 1 fully saturated rings. The summed E-state index contributed by atoms with van der Waals surface area (Å²) in [6.07, 6.45) is 1.16. The summed E-state index contributed by atoms with van der Waals surface area (Å²) in [5, 5.41) is 13.4. The van der Waals surface area contributed by atoms with Gasteiger partial charge < -0.3 is 16.0 Å². The highest BCUT2D eigenvalue weighted by Crippen LogP contribution is 2.28. The summed E-state index contributed by atoms with van der Waals surface area (Å²) in [7, 11) is 0. The molecule has 11 heteroatoms. The van der Waals surface area contributed by atoms with E-state index in [1.165, 1.54) is 6.07 Å². The summed E-state index contributed by atoms with van der Waals surface area (Å²) in [4.78, 5) is 30.8. The summed E-state index contributed by atoms with van der Waals surface area (Å²) >= 11 is 0. The molecule has 0 radical (unpaired) electrons. The first-order chi connectivity index (χ1) is 11.9. The number of hydrogen-bond donors (Lipinski definition) is 2. The quantitative estimate of drug-likeness (QED) is 0.631. The molecular weight excluding hydrogens is 338 g/mol. The van der Waals surface area contributed by atoms with E-state index in [-0.39, 0.29) is 24.7 Å². The van der Waals surface area contributed by atoms with Crippen LogP contribution in [0.2, 0.25) is 0 Å². The Morgan fingerprint density at radius 3 is 2.64 bits per heavy atom. The molecule has 1 amide bonds. The van der Waals surface area contributed by atoms with Gasteiger partial charge in [0.05, 0.1) is 4.92 Å². The molecular formula is C14H12F2N6O3. The highest BCUT2D eigenvalue weighted by molar-refractivity contribution is 6.01. The fraction of sp³-hybridized carbons (Fsp3) is 0.214. The molecule has 1 saturated heterocycles. The van der Waals surface area contributed by atoms with Gasteiger partial charge in [0.2, 0.25) is 17.7 Å². The molecule has 1 aromatic heterocycles. The van der Waals surface area contributed by atoms with Crippen molar-refractivity contribution in [2.24, 2.45) is 0 Å². The van der Waals surface area contributed by atoms with Gasteiger partial charge in [-0.05, 0) is 18.6 Å². The van der Waals surface area contributed by atoms with Crippen LogP contribution in [0.15, 0.2) is 24.4 Å². The molecule has 3 N–H and O–H groups in total. The van der Waals surface area contributed by atoms with Crippen LogP contribution in [0.4, 0.5) is 31.9 Å². The van der Waals surface area contributed by atoms with Gasteiger partial charge in [-0.25, -0.2) is 13.8 Å². The average molecular weight is 350 g/mol. The van der Waals surface area contributed by atoms with Crippen LogP contribution in [0.25, 0.3) is 0 Å². The Bertz CT molecular complexity index is 842. The molecule has 1 aliphatic rings. The van der Waals surface area contributed by atoms with Gasteiger partial charge in [0, 0.05) is 6.54 Å². The number of rotatable bonds is 4. The molecule has 1 aliphatic heterocycles. The minimum absolute atomic E-state index is 0.0858. The van der Waals surface area contributed by atoms with Crippen molar-refractivity contribution in [2.45, 2.75) is 12.5 Å². The standard InChI is InChI=1S/C14H12F2N6O3/c15-7-2-1-3-8(16)11(7)21-5-4-9(13(21)23)19-14-18-6-10(22(24)25)12(17)20-14/h1-3,6,9H,4-5H2,(H3,17,18,19,20). The van der Waals surface area contributed by atoms with Crippen LogP contribution in [-0.2, 0) is 4.79 Å². The van der Waals surface area contributed by atoms with Gasteiger partial charge in [-0.1, -0.05) is 6.07 Å². The largest absolute Gasteiger partial charge is 0.378 e. The normalized spacial score (nSPS) is 17.0. The van der Waals surface area contributed by atoms with E-state index >= 15 is 0 Å². The van der Waals surface area contributed by atoms with E-state index in [1.54, 1.807) is 0 Å². The van der Waals surface area contributed by atoms with E-state index in [0.717, 1.165) is 23.2 Å². The van der Waals surface area contributed by atoms with Crippen molar-refractivity contribution in [3.63, 3.8) is 0 Å². The van der Waals surface area contributed by atoms with E-state index in [1.807, 2.05) is 0 Å². The Kier molecular flexibility index (Phi) is 4.13. The molecule has 2 heterocycles. The lowest BCUT2D eigenvalue weighted by molar-refractivity contribution is -0.384. The predicted molar refractivity (Wildman–Crippen MR) is 83.8 cm³/mol. The lowest BCUT2D eigenvalue weighted by atomic mass is 10.2. The number of carbonyl (C=O) groups excluding carboxylic acids is 1. The molecule has 0 bridgehead atoms. The molecule has 1 atom stereocenters. The maximum absolute atomic E-state index is 13.8. The monoisotopic (exact) mass is 350 g/mol. The summed E-state index contributed by atoms with van der Waals surface area (Å²) in [5.41, 5.74) is 4.59. The number of amides is 1. The van der Waals surface area contributed by atoms with E-state index in [4.69, 9.17) is 5.73 Å². The van der Waals surface area contributed by atoms with E-state index < -0.39 is 39.9 Å². The number of hydrogen-bond acceptors (Lipinski definition) is 7. The van der Waals surface area contributed by atoms with Gasteiger partial charge >= 0.3 is 5.69 Å². The number of para-hydroxylation sites is 1. The SMILES string of the molecule is Nc1nc(NC2CCN(c3c(F)cccc3F)C2=O)ncc1[N+](=O)[O-]. The Hall–Kier alpha value is -3.37. The minimum Gasteiger partial charge on any atom is -0.378 e. The van der Waals surface area contributed by atoms with E-state index in [9.17, 15) is 23.7 Å². The van der Waals surface area contributed by atoms with Crippen LogP contribution < -0.4 is 16.0 Å². The molecule has 0 saturated carbocycles. The second-order valence-electron chi connectivity index (χ2n) is 5.27. The van der Waals surface area contributed by atoms with Crippen LogP contribution in [-0.4, -0.2) is 33.4 Å². The van der Waals surface area contributed by atoms with Crippen LogP contribution in [0.1, 0.15) is 6.42 Å². The molecule has 0 spiro atoms. The number of nitrogens with zero attached hydrogens (tertiary/aromatic N) is 4. The van der Waals surface area contributed by atoms with Gasteiger partial charge in [-0.2, -0.15) is 4.98 Å². The molecule has 3 rings (SSSR count). The average Bonchev–Trinajstić information content (AvgIpc) is 2.88. The van der Waals surface area contributed by atoms with Gasteiger partial charge in [0.25, 0.3) is 0 Å². The zero-order valence-corrected chi connectivity index (χ0v) is 12.6. The Morgan fingerprint density at radius 2 is 2.04 bits per heavy atom. The Morgan fingerprint density at radius 1 is 1.36 bits per heavy atom. The topological polar surface area (TPSA) is 127 Å². The second kappa shape index (κ2) is 6.26. The summed E-state index contributed by atoms with van der Waals surface area (Å²) in [5.74, 6) is -2.69. The number of nitro groups is 1. The lowest BCUT2D eigenvalue weighted by Crippen LogP contribution is -2.34. The maximum Gasteiger partial charge on any atom is 0.329 e. The third-order valence-electron chi connectivity index (χ3n) is 3.71. The van der Waals surface area contributed by atoms with Gasteiger partial charge in [-0.15, -0.1) is 0 Å². The van der Waals surface area contributed by atoms with Crippen molar-refractivity contribution in [3.05, 3.63) is 46.1 Å². The van der Waals surface area contributed by atoms with E-state index in [0.29, 0.717) is 0 Å². The highest BCUT2D eigenvalue weighted by Gasteiger charge is 2.36. The zero-order valence-electron chi connectivity index (χ0n) is 12.6. The fourth-order valence-electron chi connectivity index (χ4n) is 2.54. The smallest absolute Gasteiger partial charge is 0.329 e. The van der Waals surface area contributed by atoms with Crippen LogP contribution in [0.5, 0.6) is 0 Å². The Labute approximate surface area is 139 Å². The number of benzene rings is 1. The highest BCUT2D eigenvalue weighted by atomic mass is 19.1. The first-order valence-corrected chi connectivity index (χ1v) is 7.17. The molecule has 130 valence electrons. The number of nitrogen functional groups attached to an aromatic ring is 1. The summed E-state index contributed by atoms with van der Waals surface area (Å²) in [6.45, 7) is 0.0941. The van der Waals surface area contributed by atoms with Crippen molar-refractivity contribution in [3.8, 4) is 0 Å². The third-order valence-corrected chi connectivity index (χ3v) is 3.71. The van der Waals surface area contributed by atoms with E-state index in [2.05, 4.69) is 15.3 Å². The first kappa shape index (κ1) is 16.5. The number of nitrogens with two attached hydrogens (primary N) is 1. The van der Waals surface area contributed by atoms with Gasteiger partial charge in [0.15, 0.2) is 0 Å². The molecule has 9 nitrogen and oxygen atoms in total. The number of carbonyl (C=O) groups is 1. The number of halogens is 2. The van der Waals surface area contributed by atoms with Crippen molar-refractivity contribution in [1.82, 2.24) is 9.97 Å². The fourth-order valence-corrected chi connectivity index (χ4v) is 2.54. The number of nitrogens with one attached hydrogen (secondary N) is 1. The molecule has 2 aromatic rings. The van der Waals surface area contributed by atoms with Crippen molar-refractivity contribution in [2.75, 3.05) is 22.5 Å². The second-order valence-corrected chi connectivity index (χ2v) is 5.27. The summed E-state index contributed by atoms with van der Waals surface area (Å²) < 4.78 is 27.7. The minimum atomic E-state index is -0.843. The van der Waals surface area contributed by atoms with Crippen LogP contribution >= 0.6 is 0 Å². The van der Waals surface area contributed by atoms with Gasteiger partial charge in [-0.3, -0.25) is 14.9 Å². The molecule has 1 aromatic carbocycles. The van der Waals surface area contributed by atoms with Crippen LogP contribution in [0, 0.1) is 21.7 Å². The zero-order chi connectivity index (χ0) is 18.1. The van der Waals surface area contributed by atoms with Crippen molar-refractivity contribution in [1.29, 1.82) is 0 Å². The van der Waals surface area contributed by atoms with Crippen molar-refractivity contribution < 1.29 is 18.5 Å². The van der Waals surface area contributed by atoms with Gasteiger partial charge in [0.1, 0.15) is 29.6 Å². The predicted octanol–water partition coefficient (Wildman–Crippen LogP) is 1.46. The third kappa shape index (κ3) is 3.03. The van der Waals surface area contributed by atoms with Crippen molar-refractivity contribution >= 4 is 29.0 Å². The molecule has 0 aliphatic carbocycles.